The number of aliphatic hydroxyl groups is 4. The molecule has 0 aromatic carbocycles. The SMILES string of the molecule is CCC/C=C/C/C=C/C/C=C/C/C=C/CCCCCC(=O)OC[C@H](CO[C@@H]1O[C@H](CO)[C@H](O)C(O)C1O)OC(=O)CCCCCCCCCCCCCCCCCCCCCCC. The normalized spacial score (nSPS) is 19.9. The second-order valence-electron chi connectivity index (χ2n) is 17.6. The Labute approximate surface area is 384 Å². The summed E-state index contributed by atoms with van der Waals surface area (Å²) in [5.74, 6) is -0.836. The second-order valence-corrected chi connectivity index (χ2v) is 17.6. The van der Waals surface area contributed by atoms with Gasteiger partial charge in [-0.3, -0.25) is 9.59 Å². The van der Waals surface area contributed by atoms with Crippen molar-refractivity contribution < 1.29 is 49.0 Å². The smallest absolute Gasteiger partial charge is 0.306 e. The lowest BCUT2D eigenvalue weighted by molar-refractivity contribution is -0.305. The Hall–Kier alpha value is -2.34. The number of allylic oxidation sites excluding steroid dienone is 8. The highest BCUT2D eigenvalue weighted by molar-refractivity contribution is 5.70. The third-order valence-electron chi connectivity index (χ3n) is 11.7. The monoisotopic (exact) mass is 891 g/mol. The molecule has 10 heteroatoms. The highest BCUT2D eigenvalue weighted by Crippen LogP contribution is 2.23. The fourth-order valence-corrected chi connectivity index (χ4v) is 7.65. The van der Waals surface area contributed by atoms with Crippen molar-refractivity contribution in [2.45, 2.75) is 256 Å². The zero-order valence-corrected chi connectivity index (χ0v) is 40.1. The number of ether oxygens (including phenoxy) is 4. The number of carbonyl (C=O) groups is 2. The Balaban J connectivity index is 2.27. The van der Waals surface area contributed by atoms with Crippen molar-refractivity contribution in [3.05, 3.63) is 48.6 Å². The van der Waals surface area contributed by atoms with Gasteiger partial charge in [0, 0.05) is 12.8 Å². The van der Waals surface area contributed by atoms with E-state index < -0.39 is 55.4 Å². The predicted octanol–water partition coefficient (Wildman–Crippen LogP) is 12.0. The summed E-state index contributed by atoms with van der Waals surface area (Å²) in [7, 11) is 0. The highest BCUT2D eigenvalue weighted by atomic mass is 16.7. The molecule has 1 rings (SSSR count). The van der Waals surface area contributed by atoms with Crippen molar-refractivity contribution in [1.82, 2.24) is 0 Å². The van der Waals surface area contributed by atoms with Crippen LogP contribution in [0.4, 0.5) is 0 Å². The summed E-state index contributed by atoms with van der Waals surface area (Å²) < 4.78 is 22.2. The first-order chi connectivity index (χ1) is 30.8. The van der Waals surface area contributed by atoms with E-state index in [1.807, 2.05) is 0 Å². The lowest BCUT2D eigenvalue weighted by Gasteiger charge is -2.39. The molecule has 0 radical (unpaired) electrons. The topological polar surface area (TPSA) is 152 Å². The maximum absolute atomic E-state index is 12.8. The third-order valence-corrected chi connectivity index (χ3v) is 11.7. The van der Waals surface area contributed by atoms with Crippen LogP contribution >= 0.6 is 0 Å². The van der Waals surface area contributed by atoms with E-state index in [0.29, 0.717) is 12.8 Å². The van der Waals surface area contributed by atoms with Crippen molar-refractivity contribution in [3.63, 3.8) is 0 Å². The van der Waals surface area contributed by atoms with Crippen LogP contribution in [-0.2, 0) is 28.5 Å². The summed E-state index contributed by atoms with van der Waals surface area (Å²) in [6, 6.07) is 0. The number of aliphatic hydroxyl groups excluding tert-OH is 4. The fraction of sp³-hybridized carbons (Fsp3) is 0.811. The Morgan fingerprint density at radius 2 is 0.921 bits per heavy atom. The molecule has 6 atom stereocenters. The first-order valence-corrected chi connectivity index (χ1v) is 25.7. The van der Waals surface area contributed by atoms with Gasteiger partial charge >= 0.3 is 11.9 Å². The number of hydrogen-bond acceptors (Lipinski definition) is 10. The minimum atomic E-state index is -1.60. The highest BCUT2D eigenvalue weighted by Gasteiger charge is 2.44. The molecule has 0 amide bonds. The van der Waals surface area contributed by atoms with Gasteiger partial charge in [0.25, 0.3) is 0 Å². The molecule has 0 aliphatic carbocycles. The van der Waals surface area contributed by atoms with Crippen LogP contribution in [0.3, 0.4) is 0 Å². The van der Waals surface area contributed by atoms with Crippen molar-refractivity contribution in [2.75, 3.05) is 19.8 Å². The van der Waals surface area contributed by atoms with E-state index in [4.69, 9.17) is 18.9 Å². The lowest BCUT2D eigenvalue weighted by Crippen LogP contribution is -2.59. The standard InChI is InChI=1S/C53H94O10/c1-3-5-7-9-11-13-15-17-19-21-22-23-24-26-28-30-32-34-36-38-40-42-49(56)62-46(45-61-53-52(59)51(58)50(57)47(43-54)63-53)44-60-48(55)41-39-37-35-33-31-29-27-25-20-18-16-14-12-10-8-6-4-2/h8,10,14,16,20,25,29,31,46-47,50-54,57-59H,3-7,9,11-13,15,17-19,21-24,26-28,30,32-45H2,1-2H3/b10-8+,16-14+,25-20+,31-29+/t46-,47-,50+,51?,52?,53-/m1/s1. The minimum Gasteiger partial charge on any atom is -0.462 e. The summed E-state index contributed by atoms with van der Waals surface area (Å²) in [5.41, 5.74) is 0. The lowest BCUT2D eigenvalue weighted by atomic mass is 9.99. The average molecular weight is 891 g/mol. The van der Waals surface area contributed by atoms with E-state index >= 15 is 0 Å². The summed E-state index contributed by atoms with van der Waals surface area (Å²) in [6.07, 6.45) is 45.5. The van der Waals surface area contributed by atoms with E-state index in [1.54, 1.807) is 0 Å². The molecule has 4 N–H and O–H groups in total. The molecule has 2 unspecified atom stereocenters. The Morgan fingerprint density at radius 3 is 1.40 bits per heavy atom. The van der Waals surface area contributed by atoms with Crippen LogP contribution in [0.25, 0.3) is 0 Å². The molecule has 63 heavy (non-hydrogen) atoms. The number of carbonyl (C=O) groups excluding carboxylic acids is 2. The average Bonchev–Trinajstić information content (AvgIpc) is 3.28. The van der Waals surface area contributed by atoms with Gasteiger partial charge < -0.3 is 39.4 Å². The van der Waals surface area contributed by atoms with E-state index in [0.717, 1.165) is 64.2 Å². The molecule has 0 aromatic rings. The molecular weight excluding hydrogens is 797 g/mol. The van der Waals surface area contributed by atoms with E-state index in [2.05, 4.69) is 62.5 Å². The molecule has 366 valence electrons. The van der Waals surface area contributed by atoms with Gasteiger partial charge in [-0.1, -0.05) is 204 Å². The van der Waals surface area contributed by atoms with Gasteiger partial charge in [-0.2, -0.15) is 0 Å². The number of hydrogen-bond donors (Lipinski definition) is 4. The van der Waals surface area contributed by atoms with Gasteiger partial charge in [-0.25, -0.2) is 0 Å². The van der Waals surface area contributed by atoms with Gasteiger partial charge in [0.1, 0.15) is 31.0 Å². The van der Waals surface area contributed by atoms with Gasteiger partial charge in [0.15, 0.2) is 12.4 Å². The minimum absolute atomic E-state index is 0.225. The van der Waals surface area contributed by atoms with Crippen LogP contribution in [0.2, 0.25) is 0 Å². The summed E-state index contributed by atoms with van der Waals surface area (Å²) in [5, 5.41) is 40.2. The van der Waals surface area contributed by atoms with Crippen LogP contribution in [0.1, 0.15) is 219 Å². The molecule has 0 spiro atoms. The Kier molecular flexibility index (Phi) is 40.6. The summed E-state index contributed by atoms with van der Waals surface area (Å²) in [6.45, 7) is 3.35. The molecule has 1 aliphatic heterocycles. The maximum atomic E-state index is 12.8. The van der Waals surface area contributed by atoms with Crippen LogP contribution in [-0.4, -0.2) is 89.0 Å². The third kappa shape index (κ3) is 34.6. The number of esters is 2. The Bertz CT molecular complexity index is 1170. The summed E-state index contributed by atoms with van der Waals surface area (Å²) in [4.78, 5) is 25.4. The van der Waals surface area contributed by atoms with Crippen molar-refractivity contribution in [2.24, 2.45) is 0 Å². The summed E-state index contributed by atoms with van der Waals surface area (Å²) >= 11 is 0. The predicted molar refractivity (Wildman–Crippen MR) is 256 cm³/mol. The zero-order chi connectivity index (χ0) is 45.9. The maximum Gasteiger partial charge on any atom is 0.306 e. The molecule has 1 aliphatic rings. The van der Waals surface area contributed by atoms with Crippen molar-refractivity contribution >= 4 is 11.9 Å². The fourth-order valence-electron chi connectivity index (χ4n) is 7.65. The first kappa shape index (κ1) is 58.7. The van der Waals surface area contributed by atoms with Gasteiger partial charge in [0.05, 0.1) is 13.2 Å². The van der Waals surface area contributed by atoms with E-state index in [-0.39, 0.29) is 26.1 Å². The molecule has 10 nitrogen and oxygen atoms in total. The molecule has 0 bridgehead atoms. The zero-order valence-electron chi connectivity index (χ0n) is 40.1. The van der Waals surface area contributed by atoms with E-state index in [1.165, 1.54) is 116 Å². The quantitative estimate of drug-likeness (QED) is 0.0264. The largest absolute Gasteiger partial charge is 0.462 e. The molecule has 0 saturated carbocycles. The number of rotatable bonds is 43. The van der Waals surface area contributed by atoms with Gasteiger partial charge in [-0.15, -0.1) is 0 Å². The molecule has 1 saturated heterocycles. The van der Waals surface area contributed by atoms with Gasteiger partial charge in [-0.05, 0) is 51.4 Å². The molecular formula is C53H94O10. The second kappa shape index (κ2) is 43.5. The molecule has 1 fully saturated rings. The van der Waals surface area contributed by atoms with Crippen LogP contribution < -0.4 is 0 Å². The number of unbranched alkanes of at least 4 members (excludes halogenated alkanes) is 24. The van der Waals surface area contributed by atoms with Gasteiger partial charge in [0.2, 0.25) is 0 Å². The van der Waals surface area contributed by atoms with Crippen molar-refractivity contribution in [3.8, 4) is 0 Å². The van der Waals surface area contributed by atoms with Crippen LogP contribution in [0.15, 0.2) is 48.6 Å². The van der Waals surface area contributed by atoms with Crippen LogP contribution in [0, 0.1) is 0 Å². The van der Waals surface area contributed by atoms with Crippen molar-refractivity contribution in [1.29, 1.82) is 0 Å². The first-order valence-electron chi connectivity index (χ1n) is 25.7. The molecule has 1 heterocycles. The van der Waals surface area contributed by atoms with E-state index in [9.17, 15) is 30.0 Å². The van der Waals surface area contributed by atoms with Crippen LogP contribution in [0.5, 0.6) is 0 Å². The molecule has 0 aromatic heterocycles. The Morgan fingerprint density at radius 1 is 0.492 bits per heavy atom.